The number of aliphatic hydroxyl groups excluding tert-OH is 5. The maximum atomic E-state index is 13.0. The van der Waals surface area contributed by atoms with Crippen LogP contribution in [0.2, 0.25) is 0 Å². The second-order valence-corrected chi connectivity index (χ2v) is 17.6. The smallest absolute Gasteiger partial charge is 0.220 e. The number of unbranched alkanes of at least 4 members (excludes halogenated alkanes) is 32. The molecule has 1 heterocycles. The maximum absolute atomic E-state index is 13.0. The van der Waals surface area contributed by atoms with Crippen LogP contribution < -0.4 is 5.32 Å². The van der Waals surface area contributed by atoms with Crippen molar-refractivity contribution in [2.24, 2.45) is 0 Å². The summed E-state index contributed by atoms with van der Waals surface area (Å²) in [6, 6.07) is -0.711. The molecular formula is C48H95NO8. The summed E-state index contributed by atoms with van der Waals surface area (Å²) in [6.45, 7) is 3.84. The van der Waals surface area contributed by atoms with E-state index in [1.54, 1.807) is 0 Å². The van der Waals surface area contributed by atoms with E-state index in [1.165, 1.54) is 180 Å². The minimum Gasteiger partial charge on any atom is -0.394 e. The fourth-order valence-electron chi connectivity index (χ4n) is 8.22. The van der Waals surface area contributed by atoms with Crippen LogP contribution >= 0.6 is 0 Å². The Kier molecular flexibility index (Phi) is 37.4. The summed E-state index contributed by atoms with van der Waals surface area (Å²) >= 11 is 0. The van der Waals surface area contributed by atoms with Gasteiger partial charge in [0.05, 0.1) is 25.4 Å². The highest BCUT2D eigenvalue weighted by molar-refractivity contribution is 5.76. The summed E-state index contributed by atoms with van der Waals surface area (Å²) < 4.78 is 11.3. The molecule has 0 aromatic rings. The minimum atomic E-state index is -1.55. The third-order valence-electron chi connectivity index (χ3n) is 12.2. The Morgan fingerprint density at radius 2 is 0.877 bits per heavy atom. The summed E-state index contributed by atoms with van der Waals surface area (Å²) in [4.78, 5) is 13.0. The molecule has 340 valence electrons. The molecule has 0 saturated carbocycles. The highest BCUT2D eigenvalue weighted by Gasteiger charge is 2.44. The van der Waals surface area contributed by atoms with Gasteiger partial charge >= 0.3 is 0 Å². The average molecular weight is 814 g/mol. The molecule has 0 bridgehead atoms. The van der Waals surface area contributed by atoms with Crippen molar-refractivity contribution in [2.45, 2.75) is 288 Å². The predicted molar refractivity (Wildman–Crippen MR) is 235 cm³/mol. The van der Waals surface area contributed by atoms with Gasteiger partial charge in [0.15, 0.2) is 6.29 Å². The Morgan fingerprint density at radius 3 is 1.25 bits per heavy atom. The number of aliphatic hydroxyl groups is 5. The van der Waals surface area contributed by atoms with Crippen LogP contribution in [0.5, 0.6) is 0 Å². The van der Waals surface area contributed by atoms with Gasteiger partial charge in [0.2, 0.25) is 5.91 Å². The summed E-state index contributed by atoms with van der Waals surface area (Å²) in [5, 5.41) is 54.3. The molecule has 6 N–H and O–H groups in total. The predicted octanol–water partition coefficient (Wildman–Crippen LogP) is 10.7. The standard InChI is InChI=1S/C48H95NO8/c1-3-5-7-9-11-13-15-16-17-18-19-20-21-22-23-24-25-26-28-30-32-34-36-38-44(52)49-41(40-56-48-47(55)46(54)45(53)43(39-50)57-48)42(51)37-35-33-31-29-27-14-12-10-8-6-4-2/h41-43,45-48,50-51,53-55H,3-40H2,1-2H3,(H,49,52)/t41-,42+,43+,45-,46?,47?,48+/m0/s1. The van der Waals surface area contributed by atoms with Crippen molar-refractivity contribution in [3.63, 3.8) is 0 Å². The quantitative estimate of drug-likeness (QED) is 0.0334. The Labute approximate surface area is 351 Å². The number of carbonyl (C=O) groups is 1. The van der Waals surface area contributed by atoms with Gasteiger partial charge in [-0.1, -0.05) is 226 Å². The number of carbonyl (C=O) groups excluding carboxylic acids is 1. The lowest BCUT2D eigenvalue weighted by molar-refractivity contribution is -0.302. The van der Waals surface area contributed by atoms with Crippen molar-refractivity contribution < 1.29 is 39.8 Å². The van der Waals surface area contributed by atoms with Gasteiger partial charge in [0.1, 0.15) is 24.4 Å². The van der Waals surface area contributed by atoms with Crippen molar-refractivity contribution in [3.05, 3.63) is 0 Å². The van der Waals surface area contributed by atoms with E-state index in [1.807, 2.05) is 0 Å². The third-order valence-corrected chi connectivity index (χ3v) is 12.2. The highest BCUT2D eigenvalue weighted by atomic mass is 16.7. The van der Waals surface area contributed by atoms with E-state index in [-0.39, 0.29) is 12.5 Å². The Balaban J connectivity index is 2.20. The Bertz CT molecular complexity index is 862. The summed E-state index contributed by atoms with van der Waals surface area (Å²) in [7, 11) is 0. The van der Waals surface area contributed by atoms with E-state index in [4.69, 9.17) is 9.47 Å². The van der Waals surface area contributed by atoms with Crippen LogP contribution in [0.3, 0.4) is 0 Å². The van der Waals surface area contributed by atoms with Crippen LogP contribution in [-0.2, 0) is 14.3 Å². The maximum Gasteiger partial charge on any atom is 0.220 e. The van der Waals surface area contributed by atoms with Gasteiger partial charge in [-0.15, -0.1) is 0 Å². The van der Waals surface area contributed by atoms with E-state index >= 15 is 0 Å². The van der Waals surface area contributed by atoms with Crippen LogP contribution in [0.1, 0.15) is 245 Å². The summed E-state index contributed by atoms with van der Waals surface area (Å²) in [5.74, 6) is -0.140. The molecule has 1 saturated heterocycles. The number of nitrogens with one attached hydrogen (secondary N) is 1. The summed E-state index contributed by atoms with van der Waals surface area (Å²) in [6.07, 6.45) is 37.0. The van der Waals surface area contributed by atoms with E-state index in [2.05, 4.69) is 19.2 Å². The van der Waals surface area contributed by atoms with Crippen LogP contribution in [0.25, 0.3) is 0 Å². The second-order valence-electron chi connectivity index (χ2n) is 17.6. The molecule has 0 aromatic heterocycles. The molecule has 1 aliphatic rings. The molecule has 0 radical (unpaired) electrons. The first-order valence-electron chi connectivity index (χ1n) is 24.7. The fourth-order valence-corrected chi connectivity index (χ4v) is 8.22. The minimum absolute atomic E-state index is 0.132. The van der Waals surface area contributed by atoms with Crippen molar-refractivity contribution in [2.75, 3.05) is 13.2 Å². The van der Waals surface area contributed by atoms with Gasteiger partial charge in [0, 0.05) is 6.42 Å². The molecule has 1 fully saturated rings. The van der Waals surface area contributed by atoms with Crippen molar-refractivity contribution in [1.29, 1.82) is 0 Å². The normalized spacial score (nSPS) is 20.9. The zero-order chi connectivity index (χ0) is 41.6. The lowest BCUT2D eigenvalue weighted by atomic mass is 9.99. The molecule has 7 atom stereocenters. The first kappa shape index (κ1) is 54.2. The lowest BCUT2D eigenvalue weighted by Crippen LogP contribution is -2.60. The molecule has 2 unspecified atom stereocenters. The summed E-state index contributed by atoms with van der Waals surface area (Å²) in [5.41, 5.74) is 0. The number of rotatable bonds is 42. The van der Waals surface area contributed by atoms with Crippen LogP contribution in [0, 0.1) is 0 Å². The number of hydrogen-bond acceptors (Lipinski definition) is 8. The molecule has 0 aromatic carbocycles. The molecule has 1 amide bonds. The van der Waals surface area contributed by atoms with Gasteiger partial charge in [-0.25, -0.2) is 0 Å². The Morgan fingerprint density at radius 1 is 0.526 bits per heavy atom. The van der Waals surface area contributed by atoms with Crippen molar-refractivity contribution in [1.82, 2.24) is 5.32 Å². The number of amides is 1. The monoisotopic (exact) mass is 814 g/mol. The molecule has 0 aliphatic carbocycles. The van der Waals surface area contributed by atoms with Crippen molar-refractivity contribution >= 4 is 5.91 Å². The van der Waals surface area contributed by atoms with E-state index in [0.29, 0.717) is 12.8 Å². The zero-order valence-corrected chi connectivity index (χ0v) is 37.4. The molecule has 9 heteroatoms. The zero-order valence-electron chi connectivity index (χ0n) is 37.4. The molecule has 9 nitrogen and oxygen atoms in total. The topological polar surface area (TPSA) is 149 Å². The van der Waals surface area contributed by atoms with Crippen LogP contribution in [-0.4, -0.2) is 87.5 Å². The number of hydrogen-bond donors (Lipinski definition) is 6. The molecule has 57 heavy (non-hydrogen) atoms. The molecule has 0 spiro atoms. The number of ether oxygens (including phenoxy) is 2. The van der Waals surface area contributed by atoms with Gasteiger partial charge in [-0.05, 0) is 12.8 Å². The van der Waals surface area contributed by atoms with Gasteiger partial charge < -0.3 is 40.3 Å². The van der Waals surface area contributed by atoms with Crippen LogP contribution in [0.15, 0.2) is 0 Å². The third kappa shape index (κ3) is 30.0. The highest BCUT2D eigenvalue weighted by Crippen LogP contribution is 2.23. The lowest BCUT2D eigenvalue weighted by Gasteiger charge is -2.40. The SMILES string of the molecule is CCCCCCCCCCCCCCCCCCCCCCCCCC(=O)N[C@@H](CO[C@@H]1O[C@H](CO)[C@H](O)C(O)C1O)[C@H](O)CCCCCCCCCCCCC. The molecule has 1 aliphatic heterocycles. The fraction of sp³-hybridized carbons (Fsp3) is 0.979. The largest absolute Gasteiger partial charge is 0.394 e. The van der Waals surface area contributed by atoms with E-state index in [9.17, 15) is 30.3 Å². The van der Waals surface area contributed by atoms with E-state index in [0.717, 1.165) is 38.5 Å². The van der Waals surface area contributed by atoms with Gasteiger partial charge in [-0.3, -0.25) is 4.79 Å². The molecule has 1 rings (SSSR count). The second kappa shape index (κ2) is 39.3. The van der Waals surface area contributed by atoms with Gasteiger partial charge in [-0.2, -0.15) is 0 Å². The Hall–Kier alpha value is -0.810. The first-order chi connectivity index (χ1) is 27.8. The first-order valence-corrected chi connectivity index (χ1v) is 24.7. The van der Waals surface area contributed by atoms with Crippen molar-refractivity contribution in [3.8, 4) is 0 Å². The average Bonchev–Trinajstić information content (AvgIpc) is 3.21. The van der Waals surface area contributed by atoms with E-state index < -0.39 is 49.5 Å². The molecular weight excluding hydrogens is 719 g/mol. The van der Waals surface area contributed by atoms with Gasteiger partial charge in [0.25, 0.3) is 0 Å². The van der Waals surface area contributed by atoms with Crippen LogP contribution in [0.4, 0.5) is 0 Å².